The number of ether oxygens (including phenoxy) is 4. The first-order valence-corrected chi connectivity index (χ1v) is 15.9. The van der Waals surface area contributed by atoms with Crippen LogP contribution in [0.4, 0.5) is 0 Å². The molecule has 1 rings (SSSR count). The predicted octanol–water partition coefficient (Wildman–Crippen LogP) is 4.26. The molecule has 1 aliphatic rings. The Hall–Kier alpha value is -1.82. The van der Waals surface area contributed by atoms with Gasteiger partial charge in [0.2, 0.25) is 0 Å². The molecule has 1 heterocycles. The maximum atomic E-state index is 12.5. The van der Waals surface area contributed by atoms with Gasteiger partial charge in [-0.25, -0.2) is 0 Å². The van der Waals surface area contributed by atoms with Gasteiger partial charge in [-0.15, -0.1) is 0 Å². The van der Waals surface area contributed by atoms with E-state index in [0.717, 1.165) is 70.6 Å². The highest BCUT2D eigenvalue weighted by molar-refractivity contribution is 5.70. The van der Waals surface area contributed by atoms with Crippen LogP contribution in [0, 0.1) is 0 Å². The number of unbranched alkanes of at least 4 members (excludes halogenated alkanes) is 10. The van der Waals surface area contributed by atoms with Crippen LogP contribution >= 0.6 is 0 Å². The summed E-state index contributed by atoms with van der Waals surface area (Å²) in [6.45, 7) is 3.03. The Kier molecular flexibility index (Phi) is 22.4. The summed E-state index contributed by atoms with van der Waals surface area (Å²) in [6, 6.07) is 0. The van der Waals surface area contributed by atoms with Crippen molar-refractivity contribution in [2.24, 2.45) is 0 Å². The maximum Gasteiger partial charge on any atom is 0.306 e. The third-order valence-electron chi connectivity index (χ3n) is 7.16. The van der Waals surface area contributed by atoms with Gasteiger partial charge < -0.3 is 39.4 Å². The summed E-state index contributed by atoms with van der Waals surface area (Å²) in [5.41, 5.74) is 0. The number of esters is 2. The van der Waals surface area contributed by atoms with Crippen molar-refractivity contribution in [1.82, 2.24) is 0 Å². The van der Waals surface area contributed by atoms with E-state index in [1.807, 2.05) is 13.0 Å². The van der Waals surface area contributed by atoms with Crippen molar-refractivity contribution in [3.8, 4) is 0 Å². The van der Waals surface area contributed by atoms with E-state index in [0.29, 0.717) is 12.8 Å². The highest BCUT2D eigenvalue weighted by Crippen LogP contribution is 2.22. The van der Waals surface area contributed by atoms with E-state index >= 15 is 0 Å². The molecule has 0 amide bonds. The van der Waals surface area contributed by atoms with Crippen LogP contribution in [0.5, 0.6) is 0 Å². The van der Waals surface area contributed by atoms with E-state index in [1.165, 1.54) is 0 Å². The Morgan fingerprint density at radius 2 is 1.36 bits per heavy atom. The van der Waals surface area contributed by atoms with E-state index in [1.54, 1.807) is 0 Å². The fraction of sp³-hybridized carbons (Fsp3) is 0.812. The minimum Gasteiger partial charge on any atom is -0.462 e. The second-order valence-corrected chi connectivity index (χ2v) is 10.9. The van der Waals surface area contributed by atoms with Crippen LogP contribution in [0.15, 0.2) is 24.3 Å². The lowest BCUT2D eigenvalue weighted by Crippen LogP contribution is -2.59. The first kappa shape index (κ1) is 38.2. The molecule has 0 bridgehead atoms. The Balaban J connectivity index is 2.50. The van der Waals surface area contributed by atoms with Gasteiger partial charge in [0.15, 0.2) is 12.4 Å². The van der Waals surface area contributed by atoms with Gasteiger partial charge in [-0.2, -0.15) is 0 Å². The van der Waals surface area contributed by atoms with Crippen LogP contribution in [-0.2, 0) is 28.5 Å². The Morgan fingerprint density at radius 3 is 1.98 bits per heavy atom. The number of hydrogen-bond acceptors (Lipinski definition) is 10. The molecule has 244 valence electrons. The minimum absolute atomic E-state index is 0.216. The molecule has 0 aromatic carbocycles. The Bertz CT molecular complexity index is 754. The minimum atomic E-state index is -1.59. The Morgan fingerprint density at radius 1 is 0.762 bits per heavy atom. The van der Waals surface area contributed by atoms with Gasteiger partial charge in [-0.3, -0.25) is 9.59 Å². The molecule has 1 fully saturated rings. The number of hydrogen-bond donors (Lipinski definition) is 4. The average molecular weight is 601 g/mol. The van der Waals surface area contributed by atoms with E-state index < -0.39 is 55.4 Å². The zero-order valence-corrected chi connectivity index (χ0v) is 25.7. The lowest BCUT2D eigenvalue weighted by molar-refractivity contribution is -0.305. The van der Waals surface area contributed by atoms with E-state index in [9.17, 15) is 30.0 Å². The first-order chi connectivity index (χ1) is 20.3. The molecule has 0 aromatic rings. The van der Waals surface area contributed by atoms with Gasteiger partial charge in [0.25, 0.3) is 0 Å². The molecule has 6 atom stereocenters. The average Bonchev–Trinajstić information content (AvgIpc) is 2.98. The molecule has 42 heavy (non-hydrogen) atoms. The molecule has 10 nitrogen and oxygen atoms in total. The van der Waals surface area contributed by atoms with Crippen LogP contribution in [0.25, 0.3) is 0 Å². The predicted molar refractivity (Wildman–Crippen MR) is 159 cm³/mol. The number of carbonyl (C=O) groups excluding carboxylic acids is 2. The van der Waals surface area contributed by atoms with Gasteiger partial charge in [-0.05, 0) is 51.9 Å². The van der Waals surface area contributed by atoms with E-state index in [-0.39, 0.29) is 26.1 Å². The fourth-order valence-electron chi connectivity index (χ4n) is 4.60. The van der Waals surface area contributed by atoms with Crippen molar-refractivity contribution < 1.29 is 49.0 Å². The van der Waals surface area contributed by atoms with Crippen molar-refractivity contribution in [3.05, 3.63) is 24.3 Å². The van der Waals surface area contributed by atoms with Crippen LogP contribution in [-0.4, -0.2) is 89.0 Å². The van der Waals surface area contributed by atoms with E-state index in [2.05, 4.69) is 25.2 Å². The van der Waals surface area contributed by atoms with Gasteiger partial charge >= 0.3 is 11.9 Å². The molecule has 4 N–H and O–H groups in total. The summed E-state index contributed by atoms with van der Waals surface area (Å²) < 4.78 is 21.8. The van der Waals surface area contributed by atoms with Gasteiger partial charge in [0.05, 0.1) is 13.2 Å². The van der Waals surface area contributed by atoms with Crippen molar-refractivity contribution in [2.45, 2.75) is 147 Å². The van der Waals surface area contributed by atoms with E-state index in [4.69, 9.17) is 18.9 Å². The molecule has 0 saturated carbocycles. The molecule has 10 heteroatoms. The third-order valence-corrected chi connectivity index (χ3v) is 7.16. The van der Waals surface area contributed by atoms with Crippen LogP contribution < -0.4 is 0 Å². The van der Waals surface area contributed by atoms with Gasteiger partial charge in [0, 0.05) is 12.8 Å². The van der Waals surface area contributed by atoms with Crippen molar-refractivity contribution in [1.29, 1.82) is 0 Å². The van der Waals surface area contributed by atoms with Crippen molar-refractivity contribution in [2.75, 3.05) is 19.8 Å². The monoisotopic (exact) mass is 600 g/mol. The largest absolute Gasteiger partial charge is 0.462 e. The Labute approximate surface area is 252 Å². The summed E-state index contributed by atoms with van der Waals surface area (Å²) in [7, 11) is 0. The quantitative estimate of drug-likeness (QED) is 0.0718. The molecule has 1 aliphatic heterocycles. The molecule has 0 radical (unpaired) electrons. The summed E-state index contributed by atoms with van der Waals surface area (Å²) in [4.78, 5) is 24.8. The highest BCUT2D eigenvalue weighted by Gasteiger charge is 2.44. The van der Waals surface area contributed by atoms with Crippen molar-refractivity contribution in [3.63, 3.8) is 0 Å². The molecule has 0 spiro atoms. The number of allylic oxidation sites excluding steroid dienone is 4. The second kappa shape index (κ2) is 24.6. The van der Waals surface area contributed by atoms with Gasteiger partial charge in [-0.1, -0.05) is 69.8 Å². The second-order valence-electron chi connectivity index (χ2n) is 10.9. The zero-order chi connectivity index (χ0) is 31.0. The zero-order valence-electron chi connectivity index (χ0n) is 25.7. The lowest BCUT2D eigenvalue weighted by atomic mass is 9.99. The number of aliphatic hydroxyl groups is 4. The number of aliphatic hydroxyl groups excluding tert-OH is 4. The van der Waals surface area contributed by atoms with Crippen LogP contribution in [0.3, 0.4) is 0 Å². The van der Waals surface area contributed by atoms with Gasteiger partial charge in [0.1, 0.15) is 31.0 Å². The van der Waals surface area contributed by atoms with Crippen molar-refractivity contribution >= 4 is 11.9 Å². The SMILES string of the molecule is C/C=C/CCCCCCCC(=O)O[C@H](COC(=O)CCCCCCC/C=C/CC)CO[C@@H]1O[C@H](CO)[C@H](O)[C@H](O)[C@H]1O. The molecule has 0 aromatic heterocycles. The smallest absolute Gasteiger partial charge is 0.306 e. The lowest BCUT2D eigenvalue weighted by Gasteiger charge is -2.39. The molecule has 0 aliphatic carbocycles. The number of carbonyl (C=O) groups is 2. The maximum absolute atomic E-state index is 12.5. The molecular weight excluding hydrogens is 544 g/mol. The summed E-state index contributed by atoms with van der Waals surface area (Å²) in [5.74, 6) is -0.844. The summed E-state index contributed by atoms with van der Waals surface area (Å²) in [5, 5.41) is 39.6. The fourth-order valence-corrected chi connectivity index (χ4v) is 4.60. The summed E-state index contributed by atoms with van der Waals surface area (Å²) in [6.07, 6.45) is 13.9. The normalized spacial score (nSPS) is 23.4. The summed E-state index contributed by atoms with van der Waals surface area (Å²) >= 11 is 0. The molecule has 1 saturated heterocycles. The first-order valence-electron chi connectivity index (χ1n) is 15.9. The highest BCUT2D eigenvalue weighted by atomic mass is 16.7. The molecular formula is C32H56O10. The van der Waals surface area contributed by atoms with Crippen LogP contribution in [0.1, 0.15) is 110 Å². The standard InChI is InChI=1S/C32H56O10/c1-3-5-7-9-11-13-15-16-18-20-27(34)39-23-25(41-28(35)21-19-17-14-12-10-8-6-4-2)24-40-32-31(38)30(37)29(36)26(22-33)42-32/h4-7,25-26,29-33,36-38H,3,8-24H2,1-2H3/b6-4+,7-5+/t25-,26-,29+,30+,31-,32-/m1/s1. The topological polar surface area (TPSA) is 152 Å². The third kappa shape index (κ3) is 17.3. The number of rotatable bonds is 24. The van der Waals surface area contributed by atoms with Crippen LogP contribution in [0.2, 0.25) is 0 Å². The molecule has 0 unspecified atom stereocenters.